The van der Waals surface area contributed by atoms with Gasteiger partial charge in [-0.15, -0.1) is 0 Å². The van der Waals surface area contributed by atoms with E-state index in [1.54, 1.807) is 22.7 Å². The van der Waals surface area contributed by atoms with E-state index in [-0.39, 0.29) is 12.7 Å². The van der Waals surface area contributed by atoms with Crippen LogP contribution in [0.25, 0.3) is 6.08 Å². The molecule has 2 heterocycles. The van der Waals surface area contributed by atoms with Gasteiger partial charge in [0, 0.05) is 5.75 Å². The summed E-state index contributed by atoms with van der Waals surface area (Å²) in [5.74, 6) is 2.69. The van der Waals surface area contributed by atoms with Crippen LogP contribution in [0, 0.1) is 12.8 Å². The second-order valence-electron chi connectivity index (χ2n) is 7.22. The molecular weight excluding hydrogens is 372 g/mol. The van der Waals surface area contributed by atoms with Gasteiger partial charge >= 0.3 is 0 Å². The molecule has 2 aromatic carbocycles. The molecule has 2 aliphatic heterocycles. The van der Waals surface area contributed by atoms with Gasteiger partial charge in [0.15, 0.2) is 16.7 Å². The number of carbonyl (C=O) groups is 1. The molecule has 0 N–H and O–H groups in total. The van der Waals surface area contributed by atoms with E-state index in [1.807, 2.05) is 49.4 Å². The molecule has 0 fully saturated rings. The molecule has 0 saturated heterocycles. The molecule has 5 nitrogen and oxygen atoms in total. The predicted octanol–water partition coefficient (Wildman–Crippen LogP) is 4.86. The Bertz CT molecular complexity index is 964. The average Bonchev–Trinajstić information content (AvgIpc) is 3.25. The van der Waals surface area contributed by atoms with Crippen LogP contribution >= 0.6 is 11.8 Å². The van der Waals surface area contributed by atoms with Gasteiger partial charge in [0.2, 0.25) is 6.79 Å². The molecule has 0 spiro atoms. The van der Waals surface area contributed by atoms with Crippen LogP contribution < -0.4 is 14.4 Å². The lowest BCUT2D eigenvalue weighted by Crippen LogP contribution is -2.30. The minimum Gasteiger partial charge on any atom is -0.454 e. The maximum absolute atomic E-state index is 13.2. The molecular formula is C22H22N2O3S. The summed E-state index contributed by atoms with van der Waals surface area (Å²) in [6.45, 7) is 6.57. The van der Waals surface area contributed by atoms with Gasteiger partial charge in [-0.3, -0.25) is 9.69 Å². The van der Waals surface area contributed by atoms with E-state index in [1.165, 1.54) is 0 Å². The first-order valence-corrected chi connectivity index (χ1v) is 10.2. The molecule has 2 aliphatic rings. The summed E-state index contributed by atoms with van der Waals surface area (Å²) in [6, 6.07) is 13.6. The fourth-order valence-electron chi connectivity index (χ4n) is 2.92. The lowest BCUT2D eigenvalue weighted by Gasteiger charge is -2.18. The second-order valence-corrected chi connectivity index (χ2v) is 8.20. The molecule has 0 saturated carbocycles. The van der Waals surface area contributed by atoms with Gasteiger partial charge in [0.25, 0.3) is 5.91 Å². The maximum atomic E-state index is 13.2. The molecule has 28 heavy (non-hydrogen) atoms. The summed E-state index contributed by atoms with van der Waals surface area (Å²) < 4.78 is 10.8. The van der Waals surface area contributed by atoms with Gasteiger partial charge in [-0.05, 0) is 48.7 Å². The number of rotatable bonds is 4. The third-order valence-electron chi connectivity index (χ3n) is 4.37. The van der Waals surface area contributed by atoms with Crippen molar-refractivity contribution in [1.29, 1.82) is 0 Å². The van der Waals surface area contributed by atoms with Crippen molar-refractivity contribution in [3.8, 4) is 11.5 Å². The summed E-state index contributed by atoms with van der Waals surface area (Å²) >= 11 is 1.61. The molecule has 0 unspecified atom stereocenters. The van der Waals surface area contributed by atoms with Crippen molar-refractivity contribution in [2.24, 2.45) is 10.9 Å². The number of nitrogens with zero attached hydrogens (tertiary/aromatic N) is 2. The molecule has 0 aliphatic carbocycles. The number of thioether (sulfide) groups is 1. The van der Waals surface area contributed by atoms with Crippen molar-refractivity contribution in [3.63, 3.8) is 0 Å². The van der Waals surface area contributed by atoms with E-state index < -0.39 is 0 Å². The Morgan fingerprint density at radius 3 is 2.64 bits per heavy atom. The Labute approximate surface area is 169 Å². The molecule has 2 aromatic rings. The summed E-state index contributed by atoms with van der Waals surface area (Å²) in [6.07, 6.45) is 1.80. The molecule has 4 rings (SSSR count). The van der Waals surface area contributed by atoms with Crippen LogP contribution in [-0.4, -0.2) is 23.6 Å². The highest BCUT2D eigenvalue weighted by atomic mass is 32.2. The van der Waals surface area contributed by atoms with Gasteiger partial charge in [-0.1, -0.05) is 49.4 Å². The number of amidine groups is 1. The zero-order chi connectivity index (χ0) is 19.7. The van der Waals surface area contributed by atoms with E-state index in [9.17, 15) is 4.79 Å². The summed E-state index contributed by atoms with van der Waals surface area (Å²) in [5, 5.41) is 0.717. The molecule has 144 valence electrons. The standard InChI is InChI=1S/C22H22N2O3S/c1-14(2)12-28-22-23-18(10-16-6-9-19-20(11-16)27-13-26-19)21(25)24(22)17-7-4-15(3)5-8-17/h4-11,14H,12-13H2,1-3H3/b18-10+. The van der Waals surface area contributed by atoms with Gasteiger partial charge < -0.3 is 9.47 Å². The Morgan fingerprint density at radius 2 is 1.89 bits per heavy atom. The molecule has 1 amide bonds. The average molecular weight is 394 g/mol. The van der Waals surface area contributed by atoms with Crippen LogP contribution in [0.1, 0.15) is 25.0 Å². The minimum atomic E-state index is -0.118. The third-order valence-corrected chi connectivity index (χ3v) is 5.73. The monoisotopic (exact) mass is 394 g/mol. The van der Waals surface area contributed by atoms with Crippen LogP contribution in [0.5, 0.6) is 11.5 Å². The van der Waals surface area contributed by atoms with Crippen LogP contribution in [0.4, 0.5) is 5.69 Å². The van der Waals surface area contributed by atoms with E-state index in [0.29, 0.717) is 17.4 Å². The number of benzene rings is 2. The third kappa shape index (κ3) is 3.78. The number of aliphatic imine (C=N–C) groups is 1. The first-order chi connectivity index (χ1) is 13.5. The summed E-state index contributed by atoms with van der Waals surface area (Å²) in [4.78, 5) is 19.5. The Kier molecular flexibility index (Phi) is 5.13. The van der Waals surface area contributed by atoms with E-state index in [2.05, 4.69) is 18.8 Å². The molecule has 0 bridgehead atoms. The van der Waals surface area contributed by atoms with Crippen LogP contribution in [0.3, 0.4) is 0 Å². The first kappa shape index (κ1) is 18.6. The van der Waals surface area contributed by atoms with E-state index >= 15 is 0 Å². The SMILES string of the molecule is Cc1ccc(N2C(=O)/C(=C\c3ccc4c(c3)OCO4)N=C2SCC(C)C)cc1. The number of hydrogen-bond donors (Lipinski definition) is 0. The van der Waals surface area contributed by atoms with Crippen molar-refractivity contribution >= 4 is 34.6 Å². The fourth-order valence-corrected chi connectivity index (χ4v) is 3.88. The number of carbonyl (C=O) groups excluding carboxylic acids is 1. The highest BCUT2D eigenvalue weighted by Gasteiger charge is 2.32. The number of aryl methyl sites for hydroxylation is 1. The predicted molar refractivity (Wildman–Crippen MR) is 114 cm³/mol. The van der Waals surface area contributed by atoms with E-state index in [4.69, 9.17) is 9.47 Å². The van der Waals surface area contributed by atoms with Crippen LogP contribution in [0.2, 0.25) is 0 Å². The first-order valence-electron chi connectivity index (χ1n) is 9.25. The van der Waals surface area contributed by atoms with Crippen molar-refractivity contribution in [3.05, 3.63) is 59.3 Å². The minimum absolute atomic E-state index is 0.118. The van der Waals surface area contributed by atoms with Crippen molar-refractivity contribution in [2.45, 2.75) is 20.8 Å². The quantitative estimate of drug-likeness (QED) is 0.695. The number of fused-ring (bicyclic) bond motifs is 1. The van der Waals surface area contributed by atoms with E-state index in [0.717, 1.165) is 33.5 Å². The largest absolute Gasteiger partial charge is 0.454 e. The highest BCUT2D eigenvalue weighted by molar-refractivity contribution is 8.14. The molecule has 0 atom stereocenters. The molecule has 0 aromatic heterocycles. The van der Waals surface area contributed by atoms with Gasteiger partial charge in [0.05, 0.1) is 5.69 Å². The topological polar surface area (TPSA) is 51.1 Å². The Balaban J connectivity index is 1.67. The zero-order valence-corrected chi connectivity index (χ0v) is 17.0. The van der Waals surface area contributed by atoms with Gasteiger partial charge in [0.1, 0.15) is 5.70 Å². The summed E-state index contributed by atoms with van der Waals surface area (Å²) in [7, 11) is 0. The van der Waals surface area contributed by atoms with Crippen LogP contribution in [0.15, 0.2) is 53.2 Å². The second kappa shape index (κ2) is 7.72. The molecule has 0 radical (unpaired) electrons. The maximum Gasteiger partial charge on any atom is 0.283 e. The van der Waals surface area contributed by atoms with Crippen molar-refractivity contribution in [2.75, 3.05) is 17.4 Å². The zero-order valence-electron chi connectivity index (χ0n) is 16.1. The van der Waals surface area contributed by atoms with Crippen molar-refractivity contribution in [1.82, 2.24) is 0 Å². The van der Waals surface area contributed by atoms with Gasteiger partial charge in [-0.2, -0.15) is 0 Å². The number of hydrogen-bond acceptors (Lipinski definition) is 5. The lowest BCUT2D eigenvalue weighted by molar-refractivity contribution is -0.113. The smallest absolute Gasteiger partial charge is 0.283 e. The van der Waals surface area contributed by atoms with Crippen LogP contribution in [-0.2, 0) is 4.79 Å². The lowest BCUT2D eigenvalue weighted by atomic mass is 10.1. The number of ether oxygens (including phenoxy) is 2. The summed E-state index contributed by atoms with van der Waals surface area (Å²) in [5.41, 5.74) is 3.26. The molecule has 6 heteroatoms. The highest BCUT2D eigenvalue weighted by Crippen LogP contribution is 2.34. The van der Waals surface area contributed by atoms with Crippen molar-refractivity contribution < 1.29 is 14.3 Å². The Hall–Kier alpha value is -2.73. The fraction of sp³-hybridized carbons (Fsp3) is 0.273. The van der Waals surface area contributed by atoms with Gasteiger partial charge in [-0.25, -0.2) is 4.99 Å². The Morgan fingerprint density at radius 1 is 1.14 bits per heavy atom. The number of anilines is 1. The normalized spacial score (nSPS) is 17.0. The number of amides is 1.